The molecule has 1 atom stereocenters. The molecule has 1 unspecified atom stereocenters. The highest BCUT2D eigenvalue weighted by atomic mass is 19.4. The molecule has 0 bridgehead atoms. The van der Waals surface area contributed by atoms with E-state index in [0.717, 1.165) is 12.1 Å². The first-order valence-corrected chi connectivity index (χ1v) is 7.86. The monoisotopic (exact) mass is 345 g/mol. The lowest BCUT2D eigenvalue weighted by Gasteiger charge is -2.28. The number of morpholine rings is 1. The van der Waals surface area contributed by atoms with Gasteiger partial charge >= 0.3 is 6.18 Å². The summed E-state index contributed by atoms with van der Waals surface area (Å²) in [4.78, 5) is 6.22. The molecule has 1 saturated heterocycles. The van der Waals surface area contributed by atoms with Crippen LogP contribution < -0.4 is 10.5 Å². The Morgan fingerprint density at radius 2 is 2.08 bits per heavy atom. The van der Waals surface area contributed by atoms with E-state index >= 15 is 0 Å². The minimum atomic E-state index is -4.39. The highest BCUT2D eigenvalue weighted by Gasteiger charge is 2.30. The third kappa shape index (κ3) is 5.30. The third-order valence-corrected chi connectivity index (χ3v) is 3.71. The second-order valence-electron chi connectivity index (χ2n) is 5.47. The van der Waals surface area contributed by atoms with E-state index in [0.29, 0.717) is 38.7 Å². The van der Waals surface area contributed by atoms with Crippen molar-refractivity contribution in [2.24, 2.45) is 10.7 Å². The van der Waals surface area contributed by atoms with Gasteiger partial charge in [-0.1, -0.05) is 13.0 Å². The highest BCUT2D eigenvalue weighted by Crippen LogP contribution is 2.31. The maximum atomic E-state index is 12.7. The van der Waals surface area contributed by atoms with Crippen LogP contribution in [0, 0.1) is 0 Å². The van der Waals surface area contributed by atoms with Crippen molar-refractivity contribution in [1.29, 1.82) is 0 Å². The lowest BCUT2D eigenvalue weighted by atomic mass is 10.2. The predicted octanol–water partition coefficient (Wildman–Crippen LogP) is 2.51. The molecule has 1 aromatic carbocycles. The molecular formula is C16H22F3N3O2. The third-order valence-electron chi connectivity index (χ3n) is 3.71. The van der Waals surface area contributed by atoms with Crippen LogP contribution >= 0.6 is 0 Å². The Balaban J connectivity index is 1.96. The molecule has 1 heterocycles. The van der Waals surface area contributed by atoms with E-state index in [-0.39, 0.29) is 18.4 Å². The quantitative estimate of drug-likeness (QED) is 0.658. The number of rotatable bonds is 5. The second kappa shape index (κ2) is 8.23. The highest BCUT2D eigenvalue weighted by molar-refractivity contribution is 5.78. The van der Waals surface area contributed by atoms with Gasteiger partial charge in [0, 0.05) is 13.1 Å². The first-order valence-electron chi connectivity index (χ1n) is 7.86. The number of hydrogen-bond donors (Lipinski definition) is 1. The van der Waals surface area contributed by atoms with Crippen LogP contribution in [0.3, 0.4) is 0 Å². The fourth-order valence-electron chi connectivity index (χ4n) is 2.28. The number of ether oxygens (including phenoxy) is 2. The normalized spacial score (nSPS) is 17.7. The first-order chi connectivity index (χ1) is 11.4. The summed E-state index contributed by atoms with van der Waals surface area (Å²) in [6.07, 6.45) is -4.12. The summed E-state index contributed by atoms with van der Waals surface area (Å²) in [6, 6.07) is 4.85. The fraction of sp³-hybridized carbons (Fsp3) is 0.562. The number of aliphatic imine (C=N–C) groups is 1. The zero-order valence-corrected chi connectivity index (χ0v) is 13.6. The maximum absolute atomic E-state index is 12.7. The van der Waals surface area contributed by atoms with Crippen LogP contribution in [0.5, 0.6) is 5.75 Å². The smallest absolute Gasteiger partial charge is 0.416 e. The predicted molar refractivity (Wildman–Crippen MR) is 85.0 cm³/mol. The molecule has 1 aromatic rings. The Labute approximate surface area is 139 Å². The molecule has 1 aliphatic rings. The lowest BCUT2D eigenvalue weighted by molar-refractivity contribution is -0.137. The van der Waals surface area contributed by atoms with Gasteiger partial charge in [0.15, 0.2) is 5.96 Å². The average molecular weight is 345 g/mol. The summed E-state index contributed by atoms with van der Waals surface area (Å²) < 4.78 is 49.1. The fourth-order valence-corrected chi connectivity index (χ4v) is 2.28. The van der Waals surface area contributed by atoms with Gasteiger partial charge in [-0.15, -0.1) is 0 Å². The summed E-state index contributed by atoms with van der Waals surface area (Å²) in [5, 5.41) is 0. The number of guanidine groups is 1. The topological polar surface area (TPSA) is 60.1 Å². The Bertz CT molecular complexity index is 558. The number of nitrogens with zero attached hydrogens (tertiary/aromatic N) is 2. The molecule has 8 heteroatoms. The minimum absolute atomic E-state index is 0.178. The van der Waals surface area contributed by atoms with E-state index in [9.17, 15) is 13.2 Å². The van der Waals surface area contributed by atoms with E-state index in [1.165, 1.54) is 12.1 Å². The molecule has 0 aromatic heterocycles. The van der Waals surface area contributed by atoms with Gasteiger partial charge in [0.25, 0.3) is 0 Å². The van der Waals surface area contributed by atoms with Crippen molar-refractivity contribution >= 4 is 5.96 Å². The number of benzene rings is 1. The number of nitrogens with two attached hydrogens (primary N) is 1. The van der Waals surface area contributed by atoms with Crippen LogP contribution in [-0.2, 0) is 10.9 Å². The summed E-state index contributed by atoms with van der Waals surface area (Å²) in [5.41, 5.74) is 5.21. The molecule has 0 spiro atoms. The summed E-state index contributed by atoms with van der Waals surface area (Å²) in [7, 11) is 0. The van der Waals surface area contributed by atoms with Gasteiger partial charge in [-0.3, -0.25) is 0 Å². The van der Waals surface area contributed by atoms with Crippen LogP contribution in [0.1, 0.15) is 18.9 Å². The average Bonchev–Trinajstić information content (AvgIpc) is 2.58. The zero-order valence-electron chi connectivity index (χ0n) is 13.6. The standard InChI is InChI=1S/C16H22F3N3O2/c1-2-13(11-21-15(20)22-6-8-23-9-7-22)24-14-5-3-4-12(10-14)16(17,18)19/h3-5,10,13H,2,6-9,11H2,1H3,(H2,20,21). The summed E-state index contributed by atoms with van der Waals surface area (Å²) in [5.74, 6) is 0.584. The zero-order chi connectivity index (χ0) is 17.6. The van der Waals surface area contributed by atoms with Crippen molar-refractivity contribution < 1.29 is 22.6 Å². The van der Waals surface area contributed by atoms with Crippen molar-refractivity contribution in [2.75, 3.05) is 32.8 Å². The van der Waals surface area contributed by atoms with Crippen LogP contribution in [-0.4, -0.2) is 49.8 Å². The Morgan fingerprint density at radius 3 is 2.71 bits per heavy atom. The maximum Gasteiger partial charge on any atom is 0.416 e. The molecule has 134 valence electrons. The summed E-state index contributed by atoms with van der Waals surface area (Å²) >= 11 is 0. The summed E-state index contributed by atoms with van der Waals surface area (Å²) in [6.45, 7) is 4.75. The minimum Gasteiger partial charge on any atom is -0.488 e. The molecule has 2 N–H and O–H groups in total. The molecule has 5 nitrogen and oxygen atoms in total. The van der Waals surface area contributed by atoms with Gasteiger partial charge < -0.3 is 20.1 Å². The molecule has 2 rings (SSSR count). The van der Waals surface area contributed by atoms with Crippen LogP contribution in [0.4, 0.5) is 13.2 Å². The molecule has 0 saturated carbocycles. The van der Waals surface area contributed by atoms with Crippen LogP contribution in [0.15, 0.2) is 29.3 Å². The molecule has 0 amide bonds. The SMILES string of the molecule is CCC(CN=C(N)N1CCOCC1)Oc1cccc(C(F)(F)F)c1. The van der Waals surface area contributed by atoms with Crippen molar-refractivity contribution in [3.63, 3.8) is 0 Å². The van der Waals surface area contributed by atoms with E-state index in [2.05, 4.69) is 4.99 Å². The molecule has 24 heavy (non-hydrogen) atoms. The molecule has 0 aliphatic carbocycles. The van der Waals surface area contributed by atoms with Gasteiger partial charge in [-0.05, 0) is 24.6 Å². The second-order valence-corrected chi connectivity index (χ2v) is 5.47. The van der Waals surface area contributed by atoms with Gasteiger partial charge in [0.1, 0.15) is 11.9 Å². The Morgan fingerprint density at radius 1 is 1.38 bits per heavy atom. The largest absolute Gasteiger partial charge is 0.488 e. The van der Waals surface area contributed by atoms with E-state index < -0.39 is 11.7 Å². The molecule has 1 aliphatic heterocycles. The van der Waals surface area contributed by atoms with Gasteiger partial charge in [0.2, 0.25) is 0 Å². The van der Waals surface area contributed by atoms with Gasteiger partial charge in [-0.25, -0.2) is 4.99 Å². The molecule has 0 radical (unpaired) electrons. The Hall–Kier alpha value is -1.96. The van der Waals surface area contributed by atoms with E-state index in [1.807, 2.05) is 11.8 Å². The van der Waals surface area contributed by atoms with E-state index in [1.54, 1.807) is 0 Å². The number of halogens is 3. The van der Waals surface area contributed by atoms with E-state index in [4.69, 9.17) is 15.2 Å². The van der Waals surface area contributed by atoms with Crippen molar-refractivity contribution in [2.45, 2.75) is 25.6 Å². The molecule has 1 fully saturated rings. The van der Waals surface area contributed by atoms with Crippen molar-refractivity contribution in [3.05, 3.63) is 29.8 Å². The molecular weight excluding hydrogens is 323 g/mol. The van der Waals surface area contributed by atoms with Crippen molar-refractivity contribution in [3.8, 4) is 5.75 Å². The number of hydrogen-bond acceptors (Lipinski definition) is 3. The lowest BCUT2D eigenvalue weighted by Crippen LogP contribution is -2.45. The Kier molecular flexibility index (Phi) is 6.30. The first kappa shape index (κ1) is 18.4. The van der Waals surface area contributed by atoms with Crippen molar-refractivity contribution in [1.82, 2.24) is 4.90 Å². The van der Waals surface area contributed by atoms with Gasteiger partial charge in [0.05, 0.1) is 25.3 Å². The van der Waals surface area contributed by atoms with Crippen LogP contribution in [0.25, 0.3) is 0 Å². The van der Waals surface area contributed by atoms with Gasteiger partial charge in [-0.2, -0.15) is 13.2 Å². The number of alkyl halides is 3. The van der Waals surface area contributed by atoms with Crippen LogP contribution in [0.2, 0.25) is 0 Å².